The Labute approximate surface area is 147 Å². The number of benzene rings is 2. The molecule has 5 nitrogen and oxygen atoms in total. The number of nitrogens with one attached hydrogen (secondary N) is 1. The van der Waals surface area contributed by atoms with Crippen molar-refractivity contribution in [3.05, 3.63) is 54.1 Å². The van der Waals surface area contributed by atoms with Crippen LogP contribution in [0, 0.1) is 0 Å². The van der Waals surface area contributed by atoms with E-state index in [0.717, 1.165) is 0 Å². The van der Waals surface area contributed by atoms with Crippen molar-refractivity contribution in [2.45, 2.75) is 23.7 Å². The van der Waals surface area contributed by atoms with E-state index < -0.39 is 23.7 Å². The van der Waals surface area contributed by atoms with Crippen LogP contribution in [0.3, 0.4) is 0 Å². The van der Waals surface area contributed by atoms with Gasteiger partial charge >= 0.3 is 0 Å². The van der Waals surface area contributed by atoms with E-state index in [4.69, 9.17) is 10.5 Å². The third-order valence-corrected chi connectivity index (χ3v) is 3.90. The lowest BCUT2D eigenvalue weighted by atomic mass is 10.2. The highest BCUT2D eigenvalue weighted by Gasteiger charge is 2.18. The van der Waals surface area contributed by atoms with Gasteiger partial charge in [-0.3, -0.25) is 9.59 Å². The Morgan fingerprint density at radius 1 is 1.12 bits per heavy atom. The van der Waals surface area contributed by atoms with Crippen LogP contribution in [0.1, 0.15) is 17.3 Å². The molecule has 0 heterocycles. The summed E-state index contributed by atoms with van der Waals surface area (Å²) in [5.41, 5.74) is 5.89. The number of ether oxygens (including phenoxy) is 1. The molecule has 2 rings (SSSR count). The molecule has 0 aromatic heterocycles. The Morgan fingerprint density at radius 3 is 2.36 bits per heavy atom. The van der Waals surface area contributed by atoms with Gasteiger partial charge in [-0.25, -0.2) is 0 Å². The molecule has 0 saturated carbocycles. The average Bonchev–Trinajstić information content (AvgIpc) is 2.56. The number of carbonyl (C=O) groups is 2. The first-order valence-electron chi connectivity index (χ1n) is 7.28. The minimum atomic E-state index is -2.50. The first-order chi connectivity index (χ1) is 11.9. The Hall–Kier alpha value is -2.61. The molecule has 2 amide bonds. The average molecular weight is 366 g/mol. The van der Waals surface area contributed by atoms with Crippen LogP contribution >= 0.6 is 11.8 Å². The van der Waals surface area contributed by atoms with E-state index >= 15 is 0 Å². The molecule has 0 spiro atoms. The van der Waals surface area contributed by atoms with Crippen molar-refractivity contribution < 1.29 is 23.1 Å². The van der Waals surface area contributed by atoms with Crippen LogP contribution in [0.5, 0.6) is 5.75 Å². The van der Waals surface area contributed by atoms with Crippen LogP contribution in [0.15, 0.2) is 53.4 Å². The standard InChI is InChI=1S/C17H16F2N2O3S/c1-10(24-14-5-3-2-4-13(14)15(20)22)16(23)21-11-6-8-12(9-7-11)25-17(18)19/h2-10,17H,1H3,(H2,20,22)(H,21,23). The summed E-state index contributed by atoms with van der Waals surface area (Å²) in [4.78, 5) is 23.9. The molecule has 0 aliphatic heterocycles. The van der Waals surface area contributed by atoms with Crippen molar-refractivity contribution in [1.82, 2.24) is 0 Å². The monoisotopic (exact) mass is 366 g/mol. The highest BCUT2D eigenvalue weighted by Crippen LogP contribution is 2.26. The van der Waals surface area contributed by atoms with Gasteiger partial charge in [-0.15, -0.1) is 0 Å². The second-order valence-corrected chi connectivity index (χ2v) is 6.08. The third-order valence-electron chi connectivity index (χ3n) is 3.17. The highest BCUT2D eigenvalue weighted by molar-refractivity contribution is 7.99. The van der Waals surface area contributed by atoms with Crippen molar-refractivity contribution in [2.24, 2.45) is 5.73 Å². The third kappa shape index (κ3) is 5.46. The first-order valence-corrected chi connectivity index (χ1v) is 8.16. The molecule has 2 aromatic rings. The van der Waals surface area contributed by atoms with Crippen molar-refractivity contribution in [3.8, 4) is 5.75 Å². The lowest BCUT2D eigenvalue weighted by Gasteiger charge is -2.16. The smallest absolute Gasteiger partial charge is 0.288 e. The summed E-state index contributed by atoms with van der Waals surface area (Å²) < 4.78 is 30.1. The minimum absolute atomic E-state index is 0.176. The molecule has 1 atom stereocenters. The number of alkyl halides is 2. The van der Waals surface area contributed by atoms with Crippen LogP contribution < -0.4 is 15.8 Å². The van der Waals surface area contributed by atoms with E-state index in [-0.39, 0.29) is 11.3 Å². The molecular formula is C17H16F2N2O3S. The quantitative estimate of drug-likeness (QED) is 0.735. The second-order valence-electron chi connectivity index (χ2n) is 5.01. The lowest BCUT2D eigenvalue weighted by Crippen LogP contribution is -2.30. The predicted octanol–water partition coefficient (Wildman–Crippen LogP) is 3.51. The number of rotatable bonds is 7. The molecule has 2 aromatic carbocycles. The Bertz CT molecular complexity index is 754. The number of hydrogen-bond acceptors (Lipinski definition) is 4. The van der Waals surface area contributed by atoms with Crippen molar-refractivity contribution in [1.29, 1.82) is 0 Å². The molecule has 132 valence electrons. The maximum Gasteiger partial charge on any atom is 0.288 e. The van der Waals surface area contributed by atoms with Gasteiger partial charge in [0.15, 0.2) is 6.10 Å². The molecular weight excluding hydrogens is 350 g/mol. The summed E-state index contributed by atoms with van der Waals surface area (Å²) in [6.45, 7) is 1.52. The van der Waals surface area contributed by atoms with E-state index in [0.29, 0.717) is 22.3 Å². The topological polar surface area (TPSA) is 81.4 Å². The largest absolute Gasteiger partial charge is 0.480 e. The molecule has 8 heteroatoms. The Balaban J connectivity index is 2.00. The fourth-order valence-corrected chi connectivity index (χ4v) is 2.48. The van der Waals surface area contributed by atoms with Gasteiger partial charge in [-0.2, -0.15) is 8.78 Å². The second kappa shape index (κ2) is 8.48. The maximum atomic E-state index is 12.3. The number of primary amides is 1. The van der Waals surface area contributed by atoms with Gasteiger partial charge in [0.2, 0.25) is 0 Å². The van der Waals surface area contributed by atoms with E-state index in [9.17, 15) is 18.4 Å². The van der Waals surface area contributed by atoms with E-state index in [1.165, 1.54) is 37.3 Å². The van der Waals surface area contributed by atoms with Gasteiger partial charge in [0.25, 0.3) is 17.6 Å². The van der Waals surface area contributed by atoms with Crippen molar-refractivity contribution in [2.75, 3.05) is 5.32 Å². The molecule has 0 fully saturated rings. The number of hydrogen-bond donors (Lipinski definition) is 2. The maximum absolute atomic E-state index is 12.3. The number of halogens is 2. The summed E-state index contributed by atoms with van der Waals surface area (Å²) in [7, 11) is 0. The summed E-state index contributed by atoms with van der Waals surface area (Å²) in [6, 6.07) is 12.4. The molecule has 0 radical (unpaired) electrons. The van der Waals surface area contributed by atoms with Gasteiger partial charge in [0, 0.05) is 10.6 Å². The zero-order valence-corrected chi connectivity index (χ0v) is 14.1. The number of amides is 2. The SMILES string of the molecule is CC(Oc1ccccc1C(N)=O)C(=O)Nc1ccc(SC(F)F)cc1. The molecule has 1 unspecified atom stereocenters. The first kappa shape index (κ1) is 18.7. The van der Waals surface area contributed by atoms with Gasteiger partial charge < -0.3 is 15.8 Å². The van der Waals surface area contributed by atoms with Crippen LogP contribution in [-0.4, -0.2) is 23.7 Å². The van der Waals surface area contributed by atoms with E-state index in [2.05, 4.69) is 5.32 Å². The molecule has 0 bridgehead atoms. The Kier molecular flexibility index (Phi) is 6.35. The van der Waals surface area contributed by atoms with Crippen molar-refractivity contribution in [3.63, 3.8) is 0 Å². The minimum Gasteiger partial charge on any atom is -0.480 e. The van der Waals surface area contributed by atoms with Crippen LogP contribution in [0.25, 0.3) is 0 Å². The lowest BCUT2D eigenvalue weighted by molar-refractivity contribution is -0.122. The van der Waals surface area contributed by atoms with Crippen LogP contribution in [0.2, 0.25) is 0 Å². The zero-order chi connectivity index (χ0) is 18.4. The summed E-state index contributed by atoms with van der Waals surface area (Å²) >= 11 is 0.424. The zero-order valence-electron chi connectivity index (χ0n) is 13.2. The van der Waals surface area contributed by atoms with Crippen molar-refractivity contribution >= 4 is 29.3 Å². The van der Waals surface area contributed by atoms with Gasteiger partial charge in [0.1, 0.15) is 5.75 Å². The highest BCUT2D eigenvalue weighted by atomic mass is 32.2. The summed E-state index contributed by atoms with van der Waals surface area (Å²) in [6.07, 6.45) is -0.893. The number of nitrogens with two attached hydrogens (primary N) is 1. The van der Waals surface area contributed by atoms with Gasteiger partial charge in [-0.1, -0.05) is 23.9 Å². The summed E-state index contributed by atoms with van der Waals surface area (Å²) in [5.74, 6) is -3.40. The molecule has 25 heavy (non-hydrogen) atoms. The fourth-order valence-electron chi connectivity index (χ4n) is 1.98. The molecule has 0 aliphatic rings. The Morgan fingerprint density at radius 2 is 1.76 bits per heavy atom. The molecule has 3 N–H and O–H groups in total. The number of anilines is 1. The van der Waals surface area contributed by atoms with Gasteiger partial charge in [0.05, 0.1) is 5.56 Å². The normalized spacial score (nSPS) is 11.8. The number of thioether (sulfide) groups is 1. The van der Waals surface area contributed by atoms with E-state index in [1.54, 1.807) is 18.2 Å². The van der Waals surface area contributed by atoms with E-state index in [1.807, 2.05) is 0 Å². The number of carbonyl (C=O) groups excluding carboxylic acids is 2. The fraction of sp³-hybridized carbons (Fsp3) is 0.176. The van der Waals surface area contributed by atoms with Crippen LogP contribution in [-0.2, 0) is 4.79 Å². The van der Waals surface area contributed by atoms with Crippen LogP contribution in [0.4, 0.5) is 14.5 Å². The molecule has 0 aliphatic carbocycles. The summed E-state index contributed by atoms with van der Waals surface area (Å²) in [5, 5.41) is 2.61. The van der Waals surface area contributed by atoms with Gasteiger partial charge in [-0.05, 0) is 43.3 Å². The predicted molar refractivity (Wildman–Crippen MR) is 92.0 cm³/mol. The number of para-hydroxylation sites is 1. The molecule has 0 saturated heterocycles.